The van der Waals surface area contributed by atoms with E-state index in [0.717, 1.165) is 0 Å². The number of esters is 1. The Bertz CT molecular complexity index is 753. The largest absolute Gasteiger partial charge is 0.453 e. The molecule has 1 aromatic heterocycles. The maximum absolute atomic E-state index is 11.6. The average molecular weight is 333 g/mol. The molecule has 1 atom stereocenters. The fourth-order valence-corrected chi connectivity index (χ4v) is 1.83. The number of carbonyl (C=O) groups excluding carboxylic acids is 2. The van der Waals surface area contributed by atoms with Gasteiger partial charge in [0.25, 0.3) is 11.6 Å². The second-order valence-electron chi connectivity index (χ2n) is 5.08. The van der Waals surface area contributed by atoms with Crippen LogP contribution in [0, 0.1) is 10.1 Å². The number of ketones is 1. The summed E-state index contributed by atoms with van der Waals surface area (Å²) in [5.74, 6) is -0.378. The van der Waals surface area contributed by atoms with Gasteiger partial charge in [0.05, 0.1) is 11.3 Å². The van der Waals surface area contributed by atoms with Gasteiger partial charge >= 0.3 is 5.97 Å². The van der Waals surface area contributed by atoms with E-state index in [1.54, 1.807) is 6.92 Å². The lowest BCUT2D eigenvalue weighted by Crippen LogP contribution is -2.10. The van der Waals surface area contributed by atoms with Crippen LogP contribution in [0.2, 0.25) is 0 Å². The van der Waals surface area contributed by atoms with Crippen LogP contribution in [0.15, 0.2) is 28.7 Å². The monoisotopic (exact) mass is 333 g/mol. The van der Waals surface area contributed by atoms with Gasteiger partial charge in [0.2, 0.25) is 5.89 Å². The molecule has 24 heavy (non-hydrogen) atoms. The van der Waals surface area contributed by atoms with Crippen LogP contribution < -0.4 is 0 Å². The summed E-state index contributed by atoms with van der Waals surface area (Å²) in [4.78, 5) is 32.5. The smallest absolute Gasteiger partial charge is 0.307 e. The molecule has 0 radical (unpaired) electrons. The Kier molecular flexibility index (Phi) is 5.35. The first kappa shape index (κ1) is 17.3. The van der Waals surface area contributed by atoms with Crippen LogP contribution in [-0.4, -0.2) is 26.9 Å². The number of non-ortho nitro benzene ring substituents is 1. The number of rotatable bonds is 7. The Hall–Kier alpha value is -3.10. The lowest BCUT2D eigenvalue weighted by Gasteiger charge is -2.08. The van der Waals surface area contributed by atoms with Gasteiger partial charge in [0.15, 0.2) is 6.10 Å². The van der Waals surface area contributed by atoms with Gasteiger partial charge in [-0.1, -0.05) is 0 Å². The van der Waals surface area contributed by atoms with Gasteiger partial charge in [0, 0.05) is 24.1 Å². The number of ether oxygens (including phenoxy) is 1. The molecule has 0 fully saturated rings. The molecule has 0 saturated carbocycles. The number of hydrogen-bond donors (Lipinski definition) is 0. The van der Waals surface area contributed by atoms with E-state index in [1.807, 2.05) is 0 Å². The van der Waals surface area contributed by atoms with Crippen LogP contribution in [0.4, 0.5) is 5.69 Å². The number of Topliss-reactive ketones (excluding diaryl/α,β-unsaturated/α-hetero) is 1. The standard InChI is InChI=1S/C15H15N3O6/c1-9(19)3-8-13(20)23-10(2)14-16-17-15(24-14)11-4-6-12(7-5-11)18(21)22/h4-7,10H,3,8H2,1-2H3/t10-/m1/s1. The highest BCUT2D eigenvalue weighted by molar-refractivity contribution is 5.81. The molecule has 0 aliphatic carbocycles. The van der Waals surface area contributed by atoms with Crippen molar-refractivity contribution in [2.24, 2.45) is 0 Å². The first-order valence-corrected chi connectivity index (χ1v) is 7.14. The highest BCUT2D eigenvalue weighted by Gasteiger charge is 2.19. The third kappa shape index (κ3) is 4.45. The molecule has 126 valence electrons. The molecular formula is C15H15N3O6. The summed E-state index contributed by atoms with van der Waals surface area (Å²) in [5, 5.41) is 18.3. The van der Waals surface area contributed by atoms with Crippen molar-refractivity contribution in [3.8, 4) is 11.5 Å². The Morgan fingerprint density at radius 3 is 2.50 bits per heavy atom. The van der Waals surface area contributed by atoms with Gasteiger partial charge in [-0.3, -0.25) is 14.9 Å². The summed E-state index contributed by atoms with van der Waals surface area (Å²) in [6, 6.07) is 5.62. The molecular weight excluding hydrogens is 318 g/mol. The number of benzene rings is 1. The van der Waals surface area contributed by atoms with E-state index in [0.29, 0.717) is 5.56 Å². The molecule has 1 heterocycles. The minimum atomic E-state index is -0.760. The minimum absolute atomic E-state index is 0.0109. The Balaban J connectivity index is 2.02. The minimum Gasteiger partial charge on any atom is -0.453 e. The van der Waals surface area contributed by atoms with Crippen molar-refractivity contribution in [1.82, 2.24) is 10.2 Å². The van der Waals surface area contributed by atoms with Crippen molar-refractivity contribution in [1.29, 1.82) is 0 Å². The summed E-state index contributed by atoms with van der Waals surface area (Å²) in [6.07, 6.45) is -0.657. The second kappa shape index (κ2) is 7.44. The lowest BCUT2D eigenvalue weighted by atomic mass is 10.2. The van der Waals surface area contributed by atoms with Crippen LogP contribution in [0.1, 0.15) is 38.7 Å². The zero-order valence-corrected chi connectivity index (χ0v) is 13.1. The molecule has 0 saturated heterocycles. The molecule has 9 heteroatoms. The van der Waals surface area contributed by atoms with Crippen molar-refractivity contribution in [3.05, 3.63) is 40.3 Å². The summed E-state index contributed by atoms with van der Waals surface area (Å²) in [7, 11) is 0. The Labute approximate surface area is 136 Å². The Morgan fingerprint density at radius 2 is 1.92 bits per heavy atom. The second-order valence-corrected chi connectivity index (χ2v) is 5.08. The molecule has 0 spiro atoms. The first-order chi connectivity index (χ1) is 11.4. The van der Waals surface area contributed by atoms with Gasteiger partial charge in [-0.2, -0.15) is 0 Å². The third-order valence-electron chi connectivity index (χ3n) is 3.10. The van der Waals surface area contributed by atoms with Crippen molar-refractivity contribution in [3.63, 3.8) is 0 Å². The van der Waals surface area contributed by atoms with E-state index in [1.165, 1.54) is 31.2 Å². The average Bonchev–Trinajstić information content (AvgIpc) is 3.03. The maximum Gasteiger partial charge on any atom is 0.307 e. The van der Waals surface area contributed by atoms with Gasteiger partial charge in [-0.25, -0.2) is 0 Å². The van der Waals surface area contributed by atoms with Gasteiger partial charge in [0.1, 0.15) is 5.78 Å². The predicted molar refractivity (Wildman–Crippen MR) is 80.8 cm³/mol. The number of carbonyl (C=O) groups is 2. The molecule has 0 amide bonds. The van der Waals surface area contributed by atoms with Gasteiger partial charge < -0.3 is 13.9 Å². The van der Waals surface area contributed by atoms with Crippen LogP contribution in [-0.2, 0) is 14.3 Å². The summed E-state index contributed by atoms with van der Waals surface area (Å²) < 4.78 is 10.5. The van der Waals surface area contributed by atoms with Crippen molar-refractivity contribution in [2.45, 2.75) is 32.8 Å². The highest BCUT2D eigenvalue weighted by atomic mass is 16.6. The number of nitro groups is 1. The zero-order valence-electron chi connectivity index (χ0n) is 13.1. The van der Waals surface area contributed by atoms with Crippen molar-refractivity contribution >= 4 is 17.4 Å². The zero-order chi connectivity index (χ0) is 17.7. The fraction of sp³-hybridized carbons (Fsp3) is 0.333. The molecule has 0 unspecified atom stereocenters. The van der Waals surface area contributed by atoms with E-state index in [9.17, 15) is 19.7 Å². The molecule has 2 aromatic rings. The summed E-state index contributed by atoms with van der Waals surface area (Å²) in [6.45, 7) is 2.96. The first-order valence-electron chi connectivity index (χ1n) is 7.14. The van der Waals surface area contributed by atoms with E-state index >= 15 is 0 Å². The third-order valence-corrected chi connectivity index (χ3v) is 3.10. The predicted octanol–water partition coefficient (Wildman–Crippen LogP) is 2.62. The molecule has 1 aromatic carbocycles. The van der Waals surface area contributed by atoms with Crippen LogP contribution in [0.5, 0.6) is 0 Å². The number of hydrogen-bond acceptors (Lipinski definition) is 8. The maximum atomic E-state index is 11.6. The molecule has 0 aliphatic rings. The topological polar surface area (TPSA) is 125 Å². The van der Waals surface area contributed by atoms with Gasteiger partial charge in [-0.15, -0.1) is 10.2 Å². The SMILES string of the molecule is CC(=O)CCC(=O)O[C@H](C)c1nnc(-c2ccc([N+](=O)[O-])cc2)o1. The van der Waals surface area contributed by atoms with Crippen molar-refractivity contribution in [2.75, 3.05) is 0 Å². The number of nitro benzene ring substituents is 1. The van der Waals surface area contributed by atoms with Crippen LogP contribution in [0.25, 0.3) is 11.5 Å². The van der Waals surface area contributed by atoms with Crippen LogP contribution in [0.3, 0.4) is 0 Å². The van der Waals surface area contributed by atoms with Crippen molar-refractivity contribution < 1.29 is 23.7 Å². The lowest BCUT2D eigenvalue weighted by molar-refractivity contribution is -0.384. The molecule has 2 rings (SSSR count). The normalized spacial score (nSPS) is 11.8. The van der Waals surface area contributed by atoms with E-state index in [4.69, 9.17) is 9.15 Å². The van der Waals surface area contributed by atoms with Gasteiger partial charge in [-0.05, 0) is 26.0 Å². The van der Waals surface area contributed by atoms with E-state index < -0.39 is 17.0 Å². The number of nitrogens with zero attached hydrogens (tertiary/aromatic N) is 3. The van der Waals surface area contributed by atoms with Crippen LogP contribution >= 0.6 is 0 Å². The van der Waals surface area contributed by atoms with E-state index in [-0.39, 0.29) is 36.1 Å². The quantitative estimate of drug-likeness (QED) is 0.430. The fourth-order valence-electron chi connectivity index (χ4n) is 1.83. The molecule has 0 N–H and O–H groups in total. The molecule has 0 bridgehead atoms. The molecule has 0 aliphatic heterocycles. The molecule has 9 nitrogen and oxygen atoms in total. The summed E-state index contributed by atoms with van der Waals surface area (Å²) >= 11 is 0. The highest BCUT2D eigenvalue weighted by Crippen LogP contribution is 2.24. The Morgan fingerprint density at radius 1 is 1.25 bits per heavy atom. The summed E-state index contributed by atoms with van der Waals surface area (Å²) in [5.41, 5.74) is 0.459. The number of aromatic nitrogens is 2. The van der Waals surface area contributed by atoms with E-state index in [2.05, 4.69) is 10.2 Å².